The quantitative estimate of drug-likeness (QED) is 0.275. The van der Waals surface area contributed by atoms with E-state index < -0.39 is 12.0 Å². The summed E-state index contributed by atoms with van der Waals surface area (Å²) in [6.07, 6.45) is 0. The first kappa shape index (κ1) is 23.3. The molecule has 0 saturated heterocycles. The minimum absolute atomic E-state index is 0.0846. The smallest absolute Gasteiger partial charge is 0.376 e. The normalized spacial score (nSPS) is 16.1. The zero-order valence-corrected chi connectivity index (χ0v) is 21.0. The molecule has 0 radical (unpaired) electrons. The van der Waals surface area contributed by atoms with Crippen molar-refractivity contribution in [3.05, 3.63) is 100 Å². The zero-order chi connectivity index (χ0) is 25.5. The van der Waals surface area contributed by atoms with E-state index in [1.165, 1.54) is 0 Å². The maximum Gasteiger partial charge on any atom is 0.376 e. The molecule has 37 heavy (non-hydrogen) atoms. The first-order chi connectivity index (χ1) is 18.0. The number of aromatic nitrogens is 1. The third kappa shape index (κ3) is 4.04. The Balaban J connectivity index is 1.59. The minimum atomic E-state index is -0.577. The molecule has 0 saturated carbocycles. The molecule has 6 rings (SSSR count). The van der Waals surface area contributed by atoms with Crippen molar-refractivity contribution in [3.63, 3.8) is 0 Å². The number of hydrazone groups is 1. The maximum atomic E-state index is 13.2. The lowest BCUT2D eigenvalue weighted by Gasteiger charge is -2.33. The fourth-order valence-corrected chi connectivity index (χ4v) is 4.67. The van der Waals surface area contributed by atoms with Gasteiger partial charge in [-0.1, -0.05) is 70.8 Å². The van der Waals surface area contributed by atoms with Crippen LogP contribution in [0.2, 0.25) is 10.0 Å². The van der Waals surface area contributed by atoms with E-state index >= 15 is 0 Å². The van der Waals surface area contributed by atoms with Crippen molar-refractivity contribution in [1.82, 2.24) is 10.1 Å². The fraction of sp³-hybridized carbons (Fsp3) is 0.111. The number of esters is 1. The maximum absolute atomic E-state index is 13.2. The lowest BCUT2D eigenvalue weighted by Crippen LogP contribution is -2.45. The van der Waals surface area contributed by atoms with Crippen molar-refractivity contribution in [1.29, 1.82) is 0 Å². The van der Waals surface area contributed by atoms with Gasteiger partial charge in [-0.2, -0.15) is 10.0 Å². The van der Waals surface area contributed by atoms with Crippen molar-refractivity contribution < 1.29 is 14.1 Å². The van der Waals surface area contributed by atoms with Crippen molar-refractivity contribution in [2.45, 2.75) is 13.0 Å². The lowest BCUT2D eigenvalue weighted by molar-refractivity contribution is -0.135. The van der Waals surface area contributed by atoms with Crippen LogP contribution in [-0.2, 0) is 9.53 Å². The highest BCUT2D eigenvalue weighted by atomic mass is 35.5. The number of fused-ring (bicyclic) bond motifs is 2. The number of anilines is 1. The third-order valence-electron chi connectivity index (χ3n) is 6.03. The van der Waals surface area contributed by atoms with Crippen LogP contribution in [0.5, 0.6) is 0 Å². The van der Waals surface area contributed by atoms with Gasteiger partial charge in [0.25, 0.3) is 5.88 Å². The molecular formula is C27H19Cl2N5O3. The molecule has 0 amide bonds. The highest BCUT2D eigenvalue weighted by molar-refractivity contribution is 6.41. The van der Waals surface area contributed by atoms with Gasteiger partial charge in [-0.05, 0) is 48.9 Å². The number of carbonyl (C=O) groups excluding carboxylic acids is 1. The van der Waals surface area contributed by atoms with E-state index in [9.17, 15) is 4.79 Å². The van der Waals surface area contributed by atoms with E-state index in [1.54, 1.807) is 53.2 Å². The largest absolute Gasteiger partial charge is 0.460 e. The summed E-state index contributed by atoms with van der Waals surface area (Å²) in [5.41, 5.74) is 3.68. The van der Waals surface area contributed by atoms with Gasteiger partial charge in [-0.15, -0.1) is 5.10 Å². The number of nitrogens with zero attached hydrogens (tertiary/aromatic N) is 5. The number of amidine groups is 1. The minimum Gasteiger partial charge on any atom is -0.460 e. The number of ether oxygens (including phenoxy) is 1. The van der Waals surface area contributed by atoms with Crippen LogP contribution in [-0.4, -0.2) is 34.4 Å². The average Bonchev–Trinajstić information content (AvgIpc) is 3.51. The molecule has 2 aliphatic rings. The van der Waals surface area contributed by atoms with Crippen LogP contribution in [0.1, 0.15) is 24.1 Å². The van der Waals surface area contributed by atoms with Crippen LogP contribution in [0.25, 0.3) is 11.3 Å². The molecule has 10 heteroatoms. The number of halogens is 2. The molecule has 3 heterocycles. The van der Waals surface area contributed by atoms with E-state index in [-0.39, 0.29) is 12.4 Å². The van der Waals surface area contributed by atoms with Crippen molar-refractivity contribution >= 4 is 52.5 Å². The lowest BCUT2D eigenvalue weighted by atomic mass is 9.93. The number of hydrogen-bond donors (Lipinski definition) is 0. The summed E-state index contributed by atoms with van der Waals surface area (Å²) in [4.78, 5) is 19.7. The van der Waals surface area contributed by atoms with Crippen LogP contribution in [0.3, 0.4) is 0 Å². The summed E-state index contributed by atoms with van der Waals surface area (Å²) in [6, 6.07) is 23.6. The highest BCUT2D eigenvalue weighted by Crippen LogP contribution is 2.47. The third-order valence-corrected chi connectivity index (χ3v) is 6.54. The Bertz CT molecular complexity index is 1530. The highest BCUT2D eigenvalue weighted by Gasteiger charge is 2.47. The monoisotopic (exact) mass is 531 g/mol. The second kappa shape index (κ2) is 9.38. The first-order valence-electron chi connectivity index (χ1n) is 11.5. The van der Waals surface area contributed by atoms with Gasteiger partial charge in [0.05, 0.1) is 23.9 Å². The first-order valence-corrected chi connectivity index (χ1v) is 12.3. The topological polar surface area (TPSA) is 83.5 Å². The molecule has 0 N–H and O–H groups in total. The predicted molar refractivity (Wildman–Crippen MR) is 142 cm³/mol. The second-order valence-electron chi connectivity index (χ2n) is 8.28. The van der Waals surface area contributed by atoms with Gasteiger partial charge in [0, 0.05) is 15.6 Å². The molecule has 3 aromatic carbocycles. The number of guanidine groups is 1. The molecule has 4 aromatic rings. The van der Waals surface area contributed by atoms with Crippen molar-refractivity contribution in [3.8, 4) is 11.3 Å². The summed E-state index contributed by atoms with van der Waals surface area (Å²) in [7, 11) is 0. The number of rotatable bonds is 5. The van der Waals surface area contributed by atoms with Gasteiger partial charge in [-0.3, -0.25) is 4.90 Å². The van der Waals surface area contributed by atoms with Crippen LogP contribution in [0.4, 0.5) is 11.6 Å². The number of hydrogen-bond acceptors (Lipinski definition) is 8. The SMILES string of the molecule is CCOC(=O)C1=NN(c2ccc(Cl)cc2)C2=Nc3onc(-c4ccccc4)c3C(c3ccc(Cl)cc3)N12. The second-order valence-corrected chi connectivity index (χ2v) is 9.16. The van der Waals surface area contributed by atoms with E-state index in [0.717, 1.165) is 11.1 Å². The predicted octanol–water partition coefficient (Wildman–Crippen LogP) is 6.44. The Morgan fingerprint density at radius 2 is 1.65 bits per heavy atom. The fourth-order valence-electron chi connectivity index (χ4n) is 4.41. The van der Waals surface area contributed by atoms with Crippen LogP contribution in [0, 0.1) is 0 Å². The molecule has 1 atom stereocenters. The number of carbonyl (C=O) groups is 1. The molecule has 2 aliphatic heterocycles. The summed E-state index contributed by atoms with van der Waals surface area (Å²) in [5.74, 6) is 0.200. The van der Waals surface area contributed by atoms with Crippen molar-refractivity contribution in [2.24, 2.45) is 10.1 Å². The standard InChI is InChI=1S/C27H19Cl2N5O3/c1-2-36-26(35)24-31-34(20-14-12-19(29)13-15-20)27-30-25-21(22(32-37-25)16-6-4-3-5-7-16)23(33(24)27)17-8-10-18(28)11-9-17/h3-15,23H,2H2,1H3. The number of aliphatic imine (C=N–C) groups is 1. The molecule has 1 unspecified atom stereocenters. The Morgan fingerprint density at radius 1 is 0.973 bits per heavy atom. The Labute approximate surface area is 222 Å². The molecular weight excluding hydrogens is 513 g/mol. The van der Waals surface area contributed by atoms with Gasteiger partial charge in [0.15, 0.2) is 0 Å². The Morgan fingerprint density at radius 3 is 2.32 bits per heavy atom. The Hall–Kier alpha value is -4.14. The molecule has 0 fully saturated rings. The molecule has 8 nitrogen and oxygen atoms in total. The molecule has 0 bridgehead atoms. The van der Waals surface area contributed by atoms with Crippen LogP contribution >= 0.6 is 23.2 Å². The summed E-state index contributed by atoms with van der Waals surface area (Å²) in [5, 5.41) is 11.8. The van der Waals surface area contributed by atoms with Crippen LogP contribution in [0.15, 0.2) is 93.5 Å². The summed E-state index contributed by atoms with van der Waals surface area (Å²) >= 11 is 12.3. The molecule has 0 spiro atoms. The molecule has 1 aromatic heterocycles. The van der Waals surface area contributed by atoms with Crippen LogP contribution < -0.4 is 5.01 Å². The van der Waals surface area contributed by atoms with Gasteiger partial charge >= 0.3 is 5.97 Å². The molecule has 184 valence electrons. The van der Waals surface area contributed by atoms with E-state index in [1.807, 2.05) is 42.5 Å². The van der Waals surface area contributed by atoms with Gasteiger partial charge in [0.2, 0.25) is 11.8 Å². The Kier molecular flexibility index (Phi) is 5.90. The van der Waals surface area contributed by atoms with E-state index in [4.69, 9.17) is 37.5 Å². The van der Waals surface area contributed by atoms with Gasteiger partial charge in [0.1, 0.15) is 5.69 Å². The zero-order valence-electron chi connectivity index (χ0n) is 19.5. The summed E-state index contributed by atoms with van der Waals surface area (Å²) in [6.45, 7) is 1.94. The summed E-state index contributed by atoms with van der Waals surface area (Å²) < 4.78 is 11.2. The van der Waals surface area contributed by atoms with Gasteiger partial charge < -0.3 is 9.26 Å². The van der Waals surface area contributed by atoms with Crippen molar-refractivity contribution in [2.75, 3.05) is 11.6 Å². The van der Waals surface area contributed by atoms with E-state index in [0.29, 0.717) is 38.8 Å². The number of benzene rings is 3. The van der Waals surface area contributed by atoms with E-state index in [2.05, 4.69) is 10.3 Å². The average molecular weight is 532 g/mol. The molecule has 0 aliphatic carbocycles. The van der Waals surface area contributed by atoms with Gasteiger partial charge in [-0.25, -0.2) is 4.79 Å².